The maximum absolute atomic E-state index is 12.2. The molecule has 0 aliphatic heterocycles. The summed E-state index contributed by atoms with van der Waals surface area (Å²) >= 11 is 0. The number of carbonyl (C=O) groups excluding carboxylic acids is 1. The minimum atomic E-state index is -0.334. The molecule has 0 aliphatic rings. The number of rotatable bonds is 3. The second kappa shape index (κ2) is 5.65. The van der Waals surface area contributed by atoms with Crippen molar-refractivity contribution in [1.29, 1.82) is 0 Å². The molecule has 0 atom stereocenters. The highest BCUT2D eigenvalue weighted by Gasteiger charge is 2.11. The number of amides is 1. The Hall–Kier alpha value is -2.49. The van der Waals surface area contributed by atoms with Crippen molar-refractivity contribution < 1.29 is 9.90 Å². The van der Waals surface area contributed by atoms with E-state index >= 15 is 0 Å². The number of benzene rings is 2. The standard InChI is InChI=1S/C16H18N2O2/c1-10(2)11-4-3-5-12(8-11)18-16(20)14-9-13(19)6-7-15(14)17/h3-10,19H,17H2,1-2H3,(H,18,20). The first-order chi connectivity index (χ1) is 9.47. The summed E-state index contributed by atoms with van der Waals surface area (Å²) in [6.07, 6.45) is 0. The third-order valence-electron chi connectivity index (χ3n) is 3.09. The molecule has 20 heavy (non-hydrogen) atoms. The summed E-state index contributed by atoms with van der Waals surface area (Å²) in [5.74, 6) is 0.0669. The van der Waals surface area contributed by atoms with E-state index in [-0.39, 0.29) is 17.2 Å². The lowest BCUT2D eigenvalue weighted by Gasteiger charge is -2.11. The fourth-order valence-electron chi connectivity index (χ4n) is 1.91. The molecule has 0 saturated heterocycles. The highest BCUT2D eigenvalue weighted by molar-refractivity contribution is 6.08. The van der Waals surface area contributed by atoms with Crippen molar-refractivity contribution in [1.82, 2.24) is 0 Å². The third kappa shape index (κ3) is 3.09. The van der Waals surface area contributed by atoms with Gasteiger partial charge in [-0.2, -0.15) is 0 Å². The van der Waals surface area contributed by atoms with E-state index < -0.39 is 0 Å². The van der Waals surface area contributed by atoms with Crippen molar-refractivity contribution in [2.75, 3.05) is 11.1 Å². The molecule has 0 radical (unpaired) electrons. The minimum Gasteiger partial charge on any atom is -0.508 e. The zero-order valence-electron chi connectivity index (χ0n) is 11.6. The van der Waals surface area contributed by atoms with Crippen molar-refractivity contribution >= 4 is 17.3 Å². The Morgan fingerprint density at radius 2 is 1.95 bits per heavy atom. The van der Waals surface area contributed by atoms with Gasteiger partial charge in [-0.05, 0) is 41.8 Å². The molecule has 0 bridgehead atoms. The molecule has 0 heterocycles. The Labute approximate surface area is 118 Å². The van der Waals surface area contributed by atoms with Crippen LogP contribution in [0.15, 0.2) is 42.5 Å². The molecular formula is C16H18N2O2. The Balaban J connectivity index is 2.23. The number of hydrogen-bond acceptors (Lipinski definition) is 3. The van der Waals surface area contributed by atoms with Crippen LogP contribution in [0, 0.1) is 0 Å². The van der Waals surface area contributed by atoms with E-state index in [0.717, 1.165) is 5.56 Å². The molecule has 4 N–H and O–H groups in total. The normalized spacial score (nSPS) is 10.6. The first kappa shape index (κ1) is 13.9. The van der Waals surface area contributed by atoms with Crippen molar-refractivity contribution in [2.24, 2.45) is 0 Å². The molecule has 4 nitrogen and oxygen atoms in total. The van der Waals surface area contributed by atoms with Gasteiger partial charge in [0.2, 0.25) is 0 Å². The summed E-state index contributed by atoms with van der Waals surface area (Å²) in [5.41, 5.74) is 8.20. The number of carbonyl (C=O) groups is 1. The highest BCUT2D eigenvalue weighted by atomic mass is 16.3. The van der Waals surface area contributed by atoms with E-state index in [1.54, 1.807) is 0 Å². The maximum atomic E-state index is 12.2. The molecule has 0 fully saturated rings. The van der Waals surface area contributed by atoms with Gasteiger partial charge in [0.25, 0.3) is 5.91 Å². The summed E-state index contributed by atoms with van der Waals surface area (Å²) in [7, 11) is 0. The molecule has 2 aromatic carbocycles. The fraction of sp³-hybridized carbons (Fsp3) is 0.188. The number of nitrogens with two attached hydrogens (primary N) is 1. The van der Waals surface area contributed by atoms with E-state index in [4.69, 9.17) is 5.73 Å². The van der Waals surface area contributed by atoms with Crippen molar-refractivity contribution in [3.8, 4) is 5.75 Å². The second-order valence-electron chi connectivity index (χ2n) is 5.01. The van der Waals surface area contributed by atoms with E-state index in [1.165, 1.54) is 18.2 Å². The Kier molecular flexibility index (Phi) is 3.94. The zero-order valence-corrected chi connectivity index (χ0v) is 11.6. The van der Waals surface area contributed by atoms with Gasteiger partial charge in [0, 0.05) is 11.4 Å². The average molecular weight is 270 g/mol. The third-order valence-corrected chi connectivity index (χ3v) is 3.09. The summed E-state index contributed by atoms with van der Waals surface area (Å²) in [6.45, 7) is 4.18. The van der Waals surface area contributed by atoms with E-state index in [2.05, 4.69) is 19.2 Å². The molecule has 0 saturated carbocycles. The van der Waals surface area contributed by atoms with Crippen LogP contribution in [0.1, 0.15) is 35.7 Å². The zero-order chi connectivity index (χ0) is 14.7. The lowest BCUT2D eigenvalue weighted by molar-refractivity contribution is 0.102. The number of phenols is 1. The quantitative estimate of drug-likeness (QED) is 0.591. The van der Waals surface area contributed by atoms with E-state index in [0.29, 0.717) is 17.3 Å². The van der Waals surface area contributed by atoms with Crippen LogP contribution in [-0.4, -0.2) is 11.0 Å². The number of hydrogen-bond donors (Lipinski definition) is 3. The van der Waals surface area contributed by atoms with Gasteiger partial charge >= 0.3 is 0 Å². The van der Waals surface area contributed by atoms with Crippen LogP contribution in [0.2, 0.25) is 0 Å². The Morgan fingerprint density at radius 1 is 1.20 bits per heavy atom. The van der Waals surface area contributed by atoms with Crippen molar-refractivity contribution in [2.45, 2.75) is 19.8 Å². The number of aromatic hydroxyl groups is 1. The first-order valence-corrected chi connectivity index (χ1v) is 6.47. The van der Waals surface area contributed by atoms with Crippen LogP contribution in [0.25, 0.3) is 0 Å². The fourth-order valence-corrected chi connectivity index (χ4v) is 1.91. The molecule has 104 valence electrons. The predicted molar refractivity (Wildman–Crippen MR) is 81.0 cm³/mol. The van der Waals surface area contributed by atoms with Gasteiger partial charge in [-0.25, -0.2) is 0 Å². The van der Waals surface area contributed by atoms with Crippen LogP contribution in [-0.2, 0) is 0 Å². The average Bonchev–Trinajstić information content (AvgIpc) is 2.41. The number of anilines is 2. The Morgan fingerprint density at radius 3 is 2.65 bits per heavy atom. The SMILES string of the molecule is CC(C)c1cccc(NC(=O)c2cc(O)ccc2N)c1. The molecule has 0 aliphatic carbocycles. The predicted octanol–water partition coefficient (Wildman–Crippen LogP) is 3.35. The van der Waals surface area contributed by atoms with Gasteiger partial charge in [-0.1, -0.05) is 26.0 Å². The molecule has 2 rings (SSSR count). The smallest absolute Gasteiger partial charge is 0.257 e. The van der Waals surface area contributed by atoms with Crippen molar-refractivity contribution in [3.05, 3.63) is 53.6 Å². The first-order valence-electron chi connectivity index (χ1n) is 6.47. The molecule has 0 unspecified atom stereocenters. The monoisotopic (exact) mass is 270 g/mol. The number of nitrogens with one attached hydrogen (secondary N) is 1. The number of phenolic OH excluding ortho intramolecular Hbond substituents is 1. The molecule has 2 aromatic rings. The lowest BCUT2D eigenvalue weighted by atomic mass is 10.0. The van der Waals surface area contributed by atoms with Crippen LogP contribution < -0.4 is 11.1 Å². The summed E-state index contributed by atoms with van der Waals surface area (Å²) in [6, 6.07) is 12.0. The summed E-state index contributed by atoms with van der Waals surface area (Å²) in [4.78, 5) is 12.2. The largest absolute Gasteiger partial charge is 0.508 e. The second-order valence-corrected chi connectivity index (χ2v) is 5.01. The molecule has 4 heteroatoms. The van der Waals surface area contributed by atoms with Gasteiger partial charge in [-0.3, -0.25) is 4.79 Å². The lowest BCUT2D eigenvalue weighted by Crippen LogP contribution is -2.14. The van der Waals surface area contributed by atoms with Crippen LogP contribution in [0.4, 0.5) is 11.4 Å². The van der Waals surface area contributed by atoms with Gasteiger partial charge < -0.3 is 16.2 Å². The van der Waals surface area contributed by atoms with E-state index in [9.17, 15) is 9.90 Å². The summed E-state index contributed by atoms with van der Waals surface area (Å²) < 4.78 is 0. The van der Waals surface area contributed by atoms with E-state index in [1.807, 2.05) is 24.3 Å². The molecular weight excluding hydrogens is 252 g/mol. The van der Waals surface area contributed by atoms with Crippen LogP contribution in [0.3, 0.4) is 0 Å². The van der Waals surface area contributed by atoms with Gasteiger partial charge in [0.1, 0.15) is 5.75 Å². The van der Waals surface area contributed by atoms with Crippen LogP contribution in [0.5, 0.6) is 5.75 Å². The minimum absolute atomic E-state index is 0.0141. The maximum Gasteiger partial charge on any atom is 0.257 e. The van der Waals surface area contributed by atoms with Gasteiger partial charge in [-0.15, -0.1) is 0 Å². The molecule has 0 aromatic heterocycles. The molecule has 1 amide bonds. The Bertz CT molecular complexity index is 636. The van der Waals surface area contributed by atoms with Gasteiger partial charge in [0.05, 0.1) is 5.56 Å². The highest BCUT2D eigenvalue weighted by Crippen LogP contribution is 2.22. The molecule has 0 spiro atoms. The van der Waals surface area contributed by atoms with Crippen LogP contribution >= 0.6 is 0 Å². The van der Waals surface area contributed by atoms with Gasteiger partial charge in [0.15, 0.2) is 0 Å². The topological polar surface area (TPSA) is 75.3 Å². The number of nitrogen functional groups attached to an aromatic ring is 1. The summed E-state index contributed by atoms with van der Waals surface area (Å²) in [5, 5.41) is 12.2. The van der Waals surface area contributed by atoms with Crippen molar-refractivity contribution in [3.63, 3.8) is 0 Å².